The van der Waals surface area contributed by atoms with Crippen LogP contribution < -0.4 is 5.32 Å². The summed E-state index contributed by atoms with van der Waals surface area (Å²) in [5.41, 5.74) is 0. The maximum absolute atomic E-state index is 8.60. The van der Waals surface area contributed by atoms with Gasteiger partial charge in [-0.2, -0.15) is 0 Å². The van der Waals surface area contributed by atoms with Gasteiger partial charge in [-0.1, -0.05) is 6.92 Å². The zero-order valence-corrected chi connectivity index (χ0v) is 9.74. The molecule has 1 unspecified atom stereocenters. The maximum atomic E-state index is 8.60. The molecule has 1 fully saturated rings. The Bertz CT molecular complexity index is 150. The Balaban J connectivity index is 2.17. The molecule has 0 bridgehead atoms. The van der Waals surface area contributed by atoms with Crippen LogP contribution in [0.4, 0.5) is 0 Å². The van der Waals surface area contributed by atoms with Crippen LogP contribution in [0.2, 0.25) is 0 Å². The summed E-state index contributed by atoms with van der Waals surface area (Å²) in [6, 6.07) is 0.683. The number of nitrogens with one attached hydrogen (secondary N) is 1. The Kier molecular flexibility index (Phi) is 6.92. The Labute approximate surface area is 92.6 Å². The van der Waals surface area contributed by atoms with Gasteiger partial charge in [-0.15, -0.1) is 0 Å². The molecule has 1 aliphatic rings. The van der Waals surface area contributed by atoms with Crippen LogP contribution in [0.5, 0.6) is 0 Å². The van der Waals surface area contributed by atoms with Crippen LogP contribution in [-0.2, 0) is 4.74 Å². The van der Waals surface area contributed by atoms with E-state index in [2.05, 4.69) is 17.1 Å². The van der Waals surface area contributed by atoms with Crippen LogP contribution in [-0.4, -0.2) is 62.0 Å². The standard InChI is InChI=1S/C11H24N2O2/c1-2-5-13(6-8-15-9-7-14)11-3-4-12-10-11/h11-12,14H,2-10H2,1H3. The normalized spacial score (nSPS) is 21.4. The number of rotatable bonds is 8. The topological polar surface area (TPSA) is 44.7 Å². The van der Waals surface area contributed by atoms with Crippen molar-refractivity contribution in [1.29, 1.82) is 0 Å². The highest BCUT2D eigenvalue weighted by molar-refractivity contribution is 4.80. The van der Waals surface area contributed by atoms with E-state index in [1.54, 1.807) is 0 Å². The number of aliphatic hydroxyl groups is 1. The van der Waals surface area contributed by atoms with E-state index in [4.69, 9.17) is 9.84 Å². The molecule has 0 aromatic rings. The summed E-state index contributed by atoms with van der Waals surface area (Å²) < 4.78 is 5.31. The van der Waals surface area contributed by atoms with E-state index >= 15 is 0 Å². The highest BCUT2D eigenvalue weighted by Gasteiger charge is 2.20. The van der Waals surface area contributed by atoms with Gasteiger partial charge < -0.3 is 15.2 Å². The second kappa shape index (κ2) is 8.05. The Morgan fingerprint density at radius 3 is 2.87 bits per heavy atom. The second-order valence-electron chi connectivity index (χ2n) is 4.02. The first-order valence-corrected chi connectivity index (χ1v) is 6.01. The predicted octanol–water partition coefficient (Wildman–Crippen LogP) is 0.0692. The first kappa shape index (κ1) is 12.9. The average molecular weight is 216 g/mol. The van der Waals surface area contributed by atoms with Gasteiger partial charge in [0, 0.05) is 19.1 Å². The lowest BCUT2D eigenvalue weighted by atomic mass is 10.2. The minimum absolute atomic E-state index is 0.124. The summed E-state index contributed by atoms with van der Waals surface area (Å²) in [6.07, 6.45) is 2.44. The average Bonchev–Trinajstić information content (AvgIpc) is 2.76. The van der Waals surface area contributed by atoms with E-state index < -0.39 is 0 Å². The summed E-state index contributed by atoms with van der Waals surface area (Å²) in [7, 11) is 0. The lowest BCUT2D eigenvalue weighted by Crippen LogP contribution is -2.39. The SMILES string of the molecule is CCCN(CCOCCO)C1CCNC1. The van der Waals surface area contributed by atoms with Crippen molar-refractivity contribution < 1.29 is 9.84 Å². The summed E-state index contributed by atoms with van der Waals surface area (Å²) in [6.45, 7) is 7.92. The fourth-order valence-corrected chi connectivity index (χ4v) is 2.06. The zero-order chi connectivity index (χ0) is 10.9. The molecule has 0 aliphatic carbocycles. The van der Waals surface area contributed by atoms with Crippen LogP contribution in [0.25, 0.3) is 0 Å². The van der Waals surface area contributed by atoms with Crippen molar-refractivity contribution >= 4 is 0 Å². The van der Waals surface area contributed by atoms with Crippen molar-refractivity contribution in [3.05, 3.63) is 0 Å². The van der Waals surface area contributed by atoms with Crippen molar-refractivity contribution in [2.45, 2.75) is 25.8 Å². The van der Waals surface area contributed by atoms with Gasteiger partial charge >= 0.3 is 0 Å². The van der Waals surface area contributed by atoms with Gasteiger partial charge in [-0.25, -0.2) is 0 Å². The first-order chi connectivity index (χ1) is 7.38. The molecular formula is C11H24N2O2. The molecule has 1 rings (SSSR count). The molecule has 0 amide bonds. The third-order valence-corrected chi connectivity index (χ3v) is 2.82. The van der Waals surface area contributed by atoms with Crippen molar-refractivity contribution in [2.75, 3.05) is 46.0 Å². The lowest BCUT2D eigenvalue weighted by Gasteiger charge is -2.27. The van der Waals surface area contributed by atoms with Crippen molar-refractivity contribution in [3.63, 3.8) is 0 Å². The number of hydrogen-bond donors (Lipinski definition) is 2. The molecular weight excluding hydrogens is 192 g/mol. The van der Waals surface area contributed by atoms with E-state index in [1.807, 2.05) is 0 Å². The molecule has 2 N–H and O–H groups in total. The fraction of sp³-hybridized carbons (Fsp3) is 1.00. The molecule has 90 valence electrons. The van der Waals surface area contributed by atoms with Gasteiger partial charge in [0.1, 0.15) is 0 Å². The van der Waals surface area contributed by atoms with Crippen LogP contribution in [0, 0.1) is 0 Å². The van der Waals surface area contributed by atoms with E-state index in [9.17, 15) is 0 Å². The number of nitrogens with zero attached hydrogens (tertiary/aromatic N) is 1. The molecule has 4 heteroatoms. The lowest BCUT2D eigenvalue weighted by molar-refractivity contribution is 0.0650. The monoisotopic (exact) mass is 216 g/mol. The summed E-state index contributed by atoms with van der Waals surface area (Å²) in [4.78, 5) is 2.50. The molecule has 1 aliphatic heterocycles. The second-order valence-corrected chi connectivity index (χ2v) is 4.02. The van der Waals surface area contributed by atoms with Gasteiger partial charge in [0.15, 0.2) is 0 Å². The molecule has 1 saturated heterocycles. The molecule has 1 heterocycles. The highest BCUT2D eigenvalue weighted by atomic mass is 16.5. The Morgan fingerprint density at radius 1 is 1.40 bits per heavy atom. The van der Waals surface area contributed by atoms with Gasteiger partial charge in [0.25, 0.3) is 0 Å². The van der Waals surface area contributed by atoms with Gasteiger partial charge in [-0.3, -0.25) is 4.90 Å². The fourth-order valence-electron chi connectivity index (χ4n) is 2.06. The van der Waals surface area contributed by atoms with E-state index in [1.165, 1.54) is 12.8 Å². The van der Waals surface area contributed by atoms with Gasteiger partial charge in [0.05, 0.1) is 19.8 Å². The molecule has 0 radical (unpaired) electrons. The third-order valence-electron chi connectivity index (χ3n) is 2.82. The number of ether oxygens (including phenoxy) is 1. The molecule has 4 nitrogen and oxygen atoms in total. The molecule has 0 spiro atoms. The van der Waals surface area contributed by atoms with Crippen LogP contribution in [0.1, 0.15) is 19.8 Å². The summed E-state index contributed by atoms with van der Waals surface area (Å²) in [5, 5.41) is 12.0. The van der Waals surface area contributed by atoms with Gasteiger partial charge in [-0.05, 0) is 25.9 Å². The van der Waals surface area contributed by atoms with Gasteiger partial charge in [0.2, 0.25) is 0 Å². The third kappa shape index (κ3) is 4.93. The summed E-state index contributed by atoms with van der Waals surface area (Å²) >= 11 is 0. The first-order valence-electron chi connectivity index (χ1n) is 6.01. The van der Waals surface area contributed by atoms with E-state index in [0.717, 1.165) is 32.8 Å². The smallest absolute Gasteiger partial charge is 0.0698 e. The Hall–Kier alpha value is -0.160. The van der Waals surface area contributed by atoms with Crippen LogP contribution >= 0.6 is 0 Å². The largest absolute Gasteiger partial charge is 0.394 e. The van der Waals surface area contributed by atoms with Crippen LogP contribution in [0.3, 0.4) is 0 Å². The molecule has 15 heavy (non-hydrogen) atoms. The molecule has 1 atom stereocenters. The van der Waals surface area contributed by atoms with Crippen molar-refractivity contribution in [2.24, 2.45) is 0 Å². The molecule has 0 saturated carbocycles. The van der Waals surface area contributed by atoms with Crippen molar-refractivity contribution in [1.82, 2.24) is 10.2 Å². The zero-order valence-electron chi connectivity index (χ0n) is 9.74. The van der Waals surface area contributed by atoms with E-state index in [0.29, 0.717) is 12.6 Å². The molecule has 0 aromatic carbocycles. The Morgan fingerprint density at radius 2 is 2.27 bits per heavy atom. The number of hydrogen-bond acceptors (Lipinski definition) is 4. The summed E-state index contributed by atoms with van der Waals surface area (Å²) in [5.74, 6) is 0. The minimum Gasteiger partial charge on any atom is -0.394 e. The maximum Gasteiger partial charge on any atom is 0.0698 e. The minimum atomic E-state index is 0.124. The quantitative estimate of drug-likeness (QED) is 0.564. The van der Waals surface area contributed by atoms with Crippen molar-refractivity contribution in [3.8, 4) is 0 Å². The number of aliphatic hydroxyl groups excluding tert-OH is 1. The van der Waals surface area contributed by atoms with E-state index in [-0.39, 0.29) is 6.61 Å². The highest BCUT2D eigenvalue weighted by Crippen LogP contribution is 2.08. The van der Waals surface area contributed by atoms with Crippen LogP contribution in [0.15, 0.2) is 0 Å². The molecule has 0 aromatic heterocycles. The predicted molar refractivity (Wildman–Crippen MR) is 61.0 cm³/mol.